The zero-order valence-corrected chi connectivity index (χ0v) is 11.1. The predicted molar refractivity (Wildman–Crippen MR) is 69.2 cm³/mol. The minimum Gasteiger partial charge on any atom is -0.236 e. The Hall–Kier alpha value is -1.13. The summed E-state index contributed by atoms with van der Waals surface area (Å²) in [5, 5.41) is 1.28. The van der Waals surface area contributed by atoms with Gasteiger partial charge in [-0.15, -0.1) is 0 Å². The Morgan fingerprint density at radius 3 is 2.59 bits per heavy atom. The molecule has 0 aliphatic rings. The Bertz CT molecular complexity index is 680. The fourth-order valence-corrected chi connectivity index (χ4v) is 2.59. The molecule has 1 heterocycles. The summed E-state index contributed by atoms with van der Waals surface area (Å²) in [7, 11) is -3.18. The van der Waals surface area contributed by atoms with E-state index in [0.29, 0.717) is 15.6 Å². The summed E-state index contributed by atoms with van der Waals surface area (Å²) in [6.07, 6.45) is 1.96. The van der Waals surface area contributed by atoms with Crippen molar-refractivity contribution in [1.82, 2.24) is 4.98 Å². The van der Waals surface area contributed by atoms with Crippen LogP contribution in [-0.4, -0.2) is 19.7 Å². The van der Waals surface area contributed by atoms with E-state index in [9.17, 15) is 8.42 Å². The molecule has 0 saturated carbocycles. The number of benzene rings is 1. The predicted octanol–water partition coefficient (Wildman–Crippen LogP) is 2.85. The molecule has 90 valence electrons. The SMILES string of the molecule is CCc1cc2cc(S(C)(=O)=O)ccc2nc1Cl. The quantitative estimate of drug-likeness (QED) is 0.788. The zero-order chi connectivity index (χ0) is 12.6. The van der Waals surface area contributed by atoms with Crippen molar-refractivity contribution in [3.05, 3.63) is 35.0 Å². The Labute approximate surface area is 105 Å². The van der Waals surface area contributed by atoms with E-state index in [4.69, 9.17) is 11.6 Å². The highest BCUT2D eigenvalue weighted by atomic mass is 35.5. The fraction of sp³-hybridized carbons (Fsp3) is 0.250. The lowest BCUT2D eigenvalue weighted by atomic mass is 10.1. The van der Waals surface area contributed by atoms with Crippen molar-refractivity contribution in [1.29, 1.82) is 0 Å². The molecule has 0 atom stereocenters. The van der Waals surface area contributed by atoms with Crippen molar-refractivity contribution in [2.75, 3.05) is 6.26 Å². The van der Waals surface area contributed by atoms with Crippen LogP contribution in [0.25, 0.3) is 10.9 Å². The van der Waals surface area contributed by atoms with Gasteiger partial charge in [0.25, 0.3) is 0 Å². The smallest absolute Gasteiger partial charge is 0.175 e. The van der Waals surface area contributed by atoms with E-state index in [1.165, 1.54) is 6.26 Å². The molecule has 0 radical (unpaired) electrons. The van der Waals surface area contributed by atoms with Gasteiger partial charge in [0.2, 0.25) is 0 Å². The summed E-state index contributed by atoms with van der Waals surface area (Å²) in [4.78, 5) is 4.54. The van der Waals surface area contributed by atoms with Crippen LogP contribution in [0.2, 0.25) is 5.15 Å². The van der Waals surface area contributed by atoms with E-state index in [1.54, 1.807) is 18.2 Å². The highest BCUT2D eigenvalue weighted by molar-refractivity contribution is 7.90. The molecule has 2 aromatic rings. The van der Waals surface area contributed by atoms with Crippen LogP contribution < -0.4 is 0 Å². The highest BCUT2D eigenvalue weighted by Gasteiger charge is 2.09. The van der Waals surface area contributed by atoms with Crippen LogP contribution in [0.3, 0.4) is 0 Å². The molecule has 0 N–H and O–H groups in total. The molecule has 0 bridgehead atoms. The number of aromatic nitrogens is 1. The molecule has 0 saturated heterocycles. The van der Waals surface area contributed by atoms with Crippen molar-refractivity contribution < 1.29 is 8.42 Å². The fourth-order valence-electron chi connectivity index (χ4n) is 1.65. The van der Waals surface area contributed by atoms with Gasteiger partial charge in [0.05, 0.1) is 10.4 Å². The molecule has 5 heteroatoms. The Balaban J connectivity index is 2.73. The van der Waals surface area contributed by atoms with Gasteiger partial charge in [-0.05, 0) is 36.2 Å². The zero-order valence-electron chi connectivity index (χ0n) is 9.57. The maximum Gasteiger partial charge on any atom is 0.175 e. The lowest BCUT2D eigenvalue weighted by Gasteiger charge is -2.05. The Morgan fingerprint density at radius 2 is 2.00 bits per heavy atom. The van der Waals surface area contributed by atoms with Gasteiger partial charge in [0.1, 0.15) is 5.15 Å². The van der Waals surface area contributed by atoms with Gasteiger partial charge in [-0.2, -0.15) is 0 Å². The molecule has 0 spiro atoms. The van der Waals surface area contributed by atoms with E-state index >= 15 is 0 Å². The summed E-state index contributed by atoms with van der Waals surface area (Å²) in [6.45, 7) is 1.98. The van der Waals surface area contributed by atoms with Crippen LogP contribution in [-0.2, 0) is 16.3 Å². The number of hydrogen-bond donors (Lipinski definition) is 0. The number of nitrogens with zero attached hydrogens (tertiary/aromatic N) is 1. The first-order chi connectivity index (χ1) is 7.91. The summed E-state index contributed by atoms with van der Waals surface area (Å²) in [6, 6.07) is 6.75. The number of fused-ring (bicyclic) bond motifs is 1. The van der Waals surface area contributed by atoms with Crippen LogP contribution in [0.4, 0.5) is 0 Å². The second-order valence-corrected chi connectivity index (χ2v) is 6.29. The normalized spacial score (nSPS) is 11.9. The largest absolute Gasteiger partial charge is 0.236 e. The van der Waals surface area contributed by atoms with Gasteiger partial charge >= 0.3 is 0 Å². The van der Waals surface area contributed by atoms with E-state index in [-0.39, 0.29) is 0 Å². The molecule has 1 aromatic heterocycles. The first-order valence-corrected chi connectivity index (χ1v) is 7.48. The van der Waals surface area contributed by atoms with E-state index in [1.807, 2.05) is 13.0 Å². The van der Waals surface area contributed by atoms with Gasteiger partial charge in [-0.3, -0.25) is 0 Å². The van der Waals surface area contributed by atoms with Crippen LogP contribution in [0.5, 0.6) is 0 Å². The third-order valence-corrected chi connectivity index (χ3v) is 4.06. The molecule has 17 heavy (non-hydrogen) atoms. The summed E-state index contributed by atoms with van der Waals surface area (Å²) >= 11 is 6.00. The van der Waals surface area contributed by atoms with E-state index < -0.39 is 9.84 Å². The van der Waals surface area contributed by atoms with Crippen molar-refractivity contribution >= 4 is 32.3 Å². The summed E-state index contributed by atoms with van der Waals surface area (Å²) in [5.74, 6) is 0. The molecule has 0 fully saturated rings. The lowest BCUT2D eigenvalue weighted by Crippen LogP contribution is -1.97. The van der Waals surface area contributed by atoms with Gasteiger partial charge in [-0.1, -0.05) is 18.5 Å². The number of aryl methyl sites for hydroxylation is 1. The van der Waals surface area contributed by atoms with Gasteiger partial charge in [-0.25, -0.2) is 13.4 Å². The minimum absolute atomic E-state index is 0.302. The van der Waals surface area contributed by atoms with Crippen LogP contribution in [0, 0.1) is 0 Å². The van der Waals surface area contributed by atoms with Crippen molar-refractivity contribution in [3.8, 4) is 0 Å². The number of sulfone groups is 1. The number of hydrogen-bond acceptors (Lipinski definition) is 3. The van der Waals surface area contributed by atoms with Crippen molar-refractivity contribution in [2.24, 2.45) is 0 Å². The molecular formula is C12H12ClNO2S. The highest BCUT2D eigenvalue weighted by Crippen LogP contribution is 2.23. The second kappa shape index (κ2) is 4.27. The van der Waals surface area contributed by atoms with Gasteiger partial charge < -0.3 is 0 Å². The number of halogens is 1. The average Bonchev–Trinajstić information content (AvgIpc) is 2.26. The minimum atomic E-state index is -3.18. The van der Waals surface area contributed by atoms with Gasteiger partial charge in [0.15, 0.2) is 9.84 Å². The third-order valence-electron chi connectivity index (χ3n) is 2.62. The number of pyridine rings is 1. The average molecular weight is 270 g/mol. The summed E-state index contributed by atoms with van der Waals surface area (Å²) < 4.78 is 22.9. The number of rotatable bonds is 2. The van der Waals surface area contributed by atoms with Gasteiger partial charge in [0, 0.05) is 11.6 Å². The molecule has 0 unspecified atom stereocenters. The first-order valence-electron chi connectivity index (χ1n) is 5.21. The van der Waals surface area contributed by atoms with E-state index in [0.717, 1.165) is 17.4 Å². The standard InChI is InChI=1S/C12H12ClNO2S/c1-3-8-6-9-7-10(17(2,15)16)4-5-11(9)14-12(8)13/h4-7H,3H2,1-2H3. The van der Waals surface area contributed by atoms with Crippen LogP contribution in [0.15, 0.2) is 29.2 Å². The third kappa shape index (κ3) is 2.42. The topological polar surface area (TPSA) is 47.0 Å². The summed E-state index contributed by atoms with van der Waals surface area (Å²) in [5.41, 5.74) is 1.63. The first kappa shape index (κ1) is 12.3. The lowest BCUT2D eigenvalue weighted by molar-refractivity contribution is 0.602. The maximum atomic E-state index is 11.5. The van der Waals surface area contributed by atoms with Crippen LogP contribution >= 0.6 is 11.6 Å². The molecule has 0 aliphatic carbocycles. The second-order valence-electron chi connectivity index (χ2n) is 3.92. The monoisotopic (exact) mass is 269 g/mol. The molecular weight excluding hydrogens is 258 g/mol. The molecule has 3 nitrogen and oxygen atoms in total. The molecule has 0 aliphatic heterocycles. The molecule has 0 amide bonds. The van der Waals surface area contributed by atoms with E-state index in [2.05, 4.69) is 4.98 Å². The maximum absolute atomic E-state index is 11.5. The Kier molecular flexibility index (Phi) is 3.10. The molecule has 2 rings (SSSR count). The molecule has 1 aromatic carbocycles. The Morgan fingerprint density at radius 1 is 1.29 bits per heavy atom. The van der Waals surface area contributed by atoms with Crippen molar-refractivity contribution in [3.63, 3.8) is 0 Å². The van der Waals surface area contributed by atoms with Crippen LogP contribution in [0.1, 0.15) is 12.5 Å². The van der Waals surface area contributed by atoms with Crippen molar-refractivity contribution in [2.45, 2.75) is 18.2 Å².